The fourth-order valence-corrected chi connectivity index (χ4v) is 1.62. The maximum atomic E-state index is 11.5. The molecule has 1 saturated heterocycles. The first-order valence-corrected chi connectivity index (χ1v) is 5.12. The van der Waals surface area contributed by atoms with Crippen LogP contribution in [0.1, 0.15) is 32.6 Å². The first-order chi connectivity index (χ1) is 6.25. The third-order valence-electron chi connectivity index (χ3n) is 2.53. The third kappa shape index (κ3) is 2.99. The van der Waals surface area contributed by atoms with Crippen LogP contribution < -0.4 is 0 Å². The fourth-order valence-electron chi connectivity index (χ4n) is 1.62. The summed E-state index contributed by atoms with van der Waals surface area (Å²) in [6, 6.07) is 0.0249. The first kappa shape index (κ1) is 10.5. The number of hydrogen-bond donors (Lipinski definition) is 0. The second-order valence-electron chi connectivity index (χ2n) is 3.66. The molecule has 1 fully saturated rings. The highest BCUT2D eigenvalue weighted by atomic mass is 16.5. The van der Waals surface area contributed by atoms with Crippen LogP contribution in [0, 0.1) is 0 Å². The number of likely N-dealkylation sites (tertiary alicyclic amines) is 1. The largest absolute Gasteiger partial charge is 0.465 e. The van der Waals surface area contributed by atoms with E-state index in [1.807, 2.05) is 7.05 Å². The van der Waals surface area contributed by atoms with Gasteiger partial charge in [0.05, 0.1) is 6.61 Å². The second kappa shape index (κ2) is 5.22. The Labute approximate surface area is 80.1 Å². The zero-order valence-electron chi connectivity index (χ0n) is 8.58. The number of esters is 1. The van der Waals surface area contributed by atoms with Crippen molar-refractivity contribution in [1.29, 1.82) is 0 Å². The minimum Gasteiger partial charge on any atom is -0.465 e. The zero-order chi connectivity index (χ0) is 9.68. The number of ether oxygens (including phenoxy) is 1. The molecule has 1 atom stereocenters. The number of likely N-dealkylation sites (N-methyl/N-ethyl adjacent to an activating group) is 1. The number of hydrogen-bond acceptors (Lipinski definition) is 3. The average Bonchev–Trinajstić information content (AvgIpc) is 2.52. The van der Waals surface area contributed by atoms with E-state index in [9.17, 15) is 4.79 Å². The molecule has 0 aromatic heterocycles. The SMILES string of the molecule is CCCCOC(=O)[C@@H]1CCCN1C. The van der Waals surface area contributed by atoms with Gasteiger partial charge in [-0.3, -0.25) is 9.69 Å². The molecule has 0 aliphatic carbocycles. The van der Waals surface area contributed by atoms with E-state index < -0.39 is 0 Å². The van der Waals surface area contributed by atoms with Gasteiger partial charge in [0.1, 0.15) is 6.04 Å². The lowest BCUT2D eigenvalue weighted by Crippen LogP contribution is -2.34. The molecule has 13 heavy (non-hydrogen) atoms. The van der Waals surface area contributed by atoms with Gasteiger partial charge in [-0.05, 0) is 32.9 Å². The summed E-state index contributed by atoms with van der Waals surface area (Å²) < 4.78 is 5.16. The predicted octanol–water partition coefficient (Wildman–Crippen LogP) is 1.42. The lowest BCUT2D eigenvalue weighted by atomic mass is 10.2. The van der Waals surface area contributed by atoms with Crippen LogP contribution in [-0.4, -0.2) is 37.1 Å². The Morgan fingerprint density at radius 1 is 1.62 bits per heavy atom. The molecule has 0 unspecified atom stereocenters. The van der Waals surface area contributed by atoms with Gasteiger partial charge in [0.2, 0.25) is 0 Å². The Kier molecular flexibility index (Phi) is 4.22. The van der Waals surface area contributed by atoms with Gasteiger partial charge < -0.3 is 4.74 Å². The van der Waals surface area contributed by atoms with Crippen molar-refractivity contribution >= 4 is 5.97 Å². The van der Waals surface area contributed by atoms with E-state index in [2.05, 4.69) is 11.8 Å². The number of nitrogens with zero attached hydrogens (tertiary/aromatic N) is 1. The Morgan fingerprint density at radius 3 is 2.92 bits per heavy atom. The van der Waals surface area contributed by atoms with Gasteiger partial charge in [-0.15, -0.1) is 0 Å². The van der Waals surface area contributed by atoms with E-state index in [1.54, 1.807) is 0 Å². The first-order valence-electron chi connectivity index (χ1n) is 5.12. The molecule has 0 aromatic rings. The summed E-state index contributed by atoms with van der Waals surface area (Å²) in [7, 11) is 1.98. The molecule has 76 valence electrons. The van der Waals surface area contributed by atoms with E-state index in [0.29, 0.717) is 6.61 Å². The maximum Gasteiger partial charge on any atom is 0.323 e. The Bertz CT molecular complexity index is 170. The smallest absolute Gasteiger partial charge is 0.323 e. The monoisotopic (exact) mass is 185 g/mol. The summed E-state index contributed by atoms with van der Waals surface area (Å²) in [6.45, 7) is 3.70. The average molecular weight is 185 g/mol. The molecule has 1 heterocycles. The molecule has 0 spiro atoms. The number of carbonyl (C=O) groups excluding carboxylic acids is 1. The van der Waals surface area contributed by atoms with Crippen molar-refractivity contribution in [2.24, 2.45) is 0 Å². The zero-order valence-corrected chi connectivity index (χ0v) is 8.58. The van der Waals surface area contributed by atoms with E-state index in [-0.39, 0.29) is 12.0 Å². The molecule has 0 radical (unpaired) electrons. The molecule has 1 aliphatic rings. The summed E-state index contributed by atoms with van der Waals surface area (Å²) in [5, 5.41) is 0. The molecule has 0 amide bonds. The van der Waals surface area contributed by atoms with Crippen molar-refractivity contribution in [2.75, 3.05) is 20.2 Å². The molecular formula is C10H19NO2. The Balaban J connectivity index is 2.22. The molecule has 0 bridgehead atoms. The van der Waals surface area contributed by atoms with Crippen LogP contribution in [0.2, 0.25) is 0 Å². The molecular weight excluding hydrogens is 166 g/mol. The summed E-state index contributed by atoms with van der Waals surface area (Å²) in [5.74, 6) is -0.0338. The normalized spacial score (nSPS) is 23.4. The standard InChI is InChI=1S/C10H19NO2/c1-3-4-8-13-10(12)9-6-5-7-11(9)2/h9H,3-8H2,1-2H3/t9-/m0/s1. The van der Waals surface area contributed by atoms with Gasteiger partial charge in [0, 0.05) is 0 Å². The van der Waals surface area contributed by atoms with E-state index in [4.69, 9.17) is 4.74 Å². The van der Waals surface area contributed by atoms with Crippen molar-refractivity contribution in [3.05, 3.63) is 0 Å². The van der Waals surface area contributed by atoms with Crippen LogP contribution in [0.5, 0.6) is 0 Å². The molecule has 0 N–H and O–H groups in total. The van der Waals surface area contributed by atoms with Crippen molar-refractivity contribution in [1.82, 2.24) is 4.90 Å². The van der Waals surface area contributed by atoms with Crippen LogP contribution in [0.3, 0.4) is 0 Å². The molecule has 3 heteroatoms. The highest BCUT2D eigenvalue weighted by molar-refractivity contribution is 5.76. The van der Waals surface area contributed by atoms with Crippen LogP contribution >= 0.6 is 0 Å². The molecule has 1 aliphatic heterocycles. The molecule has 0 aromatic carbocycles. The van der Waals surface area contributed by atoms with Crippen LogP contribution in [0.15, 0.2) is 0 Å². The topological polar surface area (TPSA) is 29.5 Å². The minimum atomic E-state index is -0.0338. The van der Waals surface area contributed by atoms with E-state index in [0.717, 1.165) is 32.2 Å². The van der Waals surface area contributed by atoms with Crippen LogP contribution in [0.4, 0.5) is 0 Å². The van der Waals surface area contributed by atoms with Gasteiger partial charge in [-0.2, -0.15) is 0 Å². The van der Waals surface area contributed by atoms with Crippen molar-refractivity contribution in [3.63, 3.8) is 0 Å². The number of carbonyl (C=O) groups is 1. The quantitative estimate of drug-likeness (QED) is 0.490. The highest BCUT2D eigenvalue weighted by Crippen LogP contribution is 2.15. The van der Waals surface area contributed by atoms with Crippen molar-refractivity contribution in [3.8, 4) is 0 Å². The Hall–Kier alpha value is -0.570. The van der Waals surface area contributed by atoms with E-state index in [1.165, 1.54) is 0 Å². The van der Waals surface area contributed by atoms with Gasteiger partial charge in [0.15, 0.2) is 0 Å². The molecule has 3 nitrogen and oxygen atoms in total. The van der Waals surface area contributed by atoms with Gasteiger partial charge in [0.25, 0.3) is 0 Å². The van der Waals surface area contributed by atoms with Crippen LogP contribution in [-0.2, 0) is 9.53 Å². The van der Waals surface area contributed by atoms with Gasteiger partial charge in [-0.1, -0.05) is 13.3 Å². The summed E-state index contributed by atoms with van der Waals surface area (Å²) in [6.07, 6.45) is 4.13. The number of rotatable bonds is 4. The van der Waals surface area contributed by atoms with Gasteiger partial charge in [-0.25, -0.2) is 0 Å². The fraction of sp³-hybridized carbons (Fsp3) is 0.900. The maximum absolute atomic E-state index is 11.5. The lowest BCUT2D eigenvalue weighted by Gasteiger charge is -2.17. The lowest BCUT2D eigenvalue weighted by molar-refractivity contribution is -0.148. The van der Waals surface area contributed by atoms with E-state index >= 15 is 0 Å². The minimum absolute atomic E-state index is 0.0249. The van der Waals surface area contributed by atoms with Crippen LogP contribution in [0.25, 0.3) is 0 Å². The third-order valence-corrected chi connectivity index (χ3v) is 2.53. The summed E-state index contributed by atoms with van der Waals surface area (Å²) in [5.41, 5.74) is 0. The Morgan fingerprint density at radius 2 is 2.38 bits per heavy atom. The summed E-state index contributed by atoms with van der Waals surface area (Å²) in [4.78, 5) is 13.5. The number of unbranched alkanes of at least 4 members (excludes halogenated alkanes) is 1. The van der Waals surface area contributed by atoms with Crippen molar-refractivity contribution in [2.45, 2.75) is 38.6 Å². The second-order valence-corrected chi connectivity index (χ2v) is 3.66. The predicted molar refractivity (Wildman–Crippen MR) is 51.5 cm³/mol. The highest BCUT2D eigenvalue weighted by Gasteiger charge is 2.28. The molecule has 0 saturated carbocycles. The molecule has 1 rings (SSSR count). The van der Waals surface area contributed by atoms with Gasteiger partial charge >= 0.3 is 5.97 Å². The summed E-state index contributed by atoms with van der Waals surface area (Å²) >= 11 is 0. The van der Waals surface area contributed by atoms with Crippen molar-refractivity contribution < 1.29 is 9.53 Å².